The quantitative estimate of drug-likeness (QED) is 0.403. The van der Waals surface area contributed by atoms with Gasteiger partial charge in [0.25, 0.3) is 11.5 Å². The molecule has 0 atom stereocenters. The van der Waals surface area contributed by atoms with Gasteiger partial charge in [-0.15, -0.1) is 5.10 Å². The zero-order valence-electron chi connectivity index (χ0n) is 19.0. The number of aromatic nitrogens is 4. The fourth-order valence-electron chi connectivity index (χ4n) is 4.01. The number of carbonyl (C=O) groups excluding carboxylic acids is 1. The van der Waals surface area contributed by atoms with E-state index in [-0.39, 0.29) is 17.0 Å². The number of halogens is 1. The summed E-state index contributed by atoms with van der Waals surface area (Å²) in [6.45, 7) is 6.19. The van der Waals surface area contributed by atoms with Crippen molar-refractivity contribution in [3.8, 4) is 0 Å². The molecule has 0 aliphatic carbocycles. The van der Waals surface area contributed by atoms with Gasteiger partial charge in [0.1, 0.15) is 0 Å². The topological polar surface area (TPSA) is 81.3 Å². The van der Waals surface area contributed by atoms with E-state index in [4.69, 9.17) is 11.6 Å². The zero-order chi connectivity index (χ0) is 24.0. The van der Waals surface area contributed by atoms with Crippen molar-refractivity contribution in [1.82, 2.24) is 19.2 Å². The summed E-state index contributed by atoms with van der Waals surface area (Å²) in [5.74, 6) is -0.605. The van der Waals surface area contributed by atoms with E-state index in [9.17, 15) is 9.59 Å². The van der Waals surface area contributed by atoms with Crippen molar-refractivity contribution in [2.24, 2.45) is 0 Å². The lowest BCUT2D eigenvalue weighted by molar-refractivity contribution is 0.101. The molecule has 0 saturated heterocycles. The first-order valence-corrected chi connectivity index (χ1v) is 11.2. The lowest BCUT2D eigenvalue weighted by Crippen LogP contribution is -2.24. The molecule has 5 rings (SSSR count). The molecule has 0 aliphatic rings. The minimum Gasteiger partial charge on any atom is -0.319 e. The highest BCUT2D eigenvalue weighted by Crippen LogP contribution is 2.23. The third-order valence-electron chi connectivity index (χ3n) is 6.00. The predicted molar refractivity (Wildman–Crippen MR) is 134 cm³/mol. The van der Waals surface area contributed by atoms with Crippen LogP contribution in [0.3, 0.4) is 0 Å². The second-order valence-corrected chi connectivity index (χ2v) is 8.75. The third-order valence-corrected chi connectivity index (χ3v) is 6.41. The molecule has 0 spiro atoms. The molecule has 8 heteroatoms. The van der Waals surface area contributed by atoms with Gasteiger partial charge in [-0.25, -0.2) is 4.52 Å². The molecule has 1 N–H and O–H groups in total. The number of rotatable bonds is 4. The summed E-state index contributed by atoms with van der Waals surface area (Å²) in [7, 11) is 0. The molecule has 1 amide bonds. The van der Waals surface area contributed by atoms with Crippen LogP contribution in [-0.4, -0.2) is 25.1 Å². The molecular weight excluding hydrogens is 450 g/mol. The van der Waals surface area contributed by atoms with E-state index in [0.29, 0.717) is 22.8 Å². The number of nitrogens with zero attached hydrogens (tertiary/aromatic N) is 4. The van der Waals surface area contributed by atoms with E-state index in [1.807, 2.05) is 63.2 Å². The van der Waals surface area contributed by atoms with Crippen LogP contribution in [-0.2, 0) is 6.54 Å². The molecule has 0 aliphatic heterocycles. The van der Waals surface area contributed by atoms with E-state index < -0.39 is 5.91 Å². The highest BCUT2D eigenvalue weighted by atomic mass is 35.5. The number of carbonyl (C=O) groups is 1. The Kier molecular flexibility index (Phi) is 5.42. The van der Waals surface area contributed by atoms with Crippen molar-refractivity contribution in [3.63, 3.8) is 0 Å². The molecule has 5 aromatic rings. The third kappa shape index (κ3) is 3.74. The number of nitrogens with one attached hydrogen (secondary N) is 1. The number of hydrogen-bond donors (Lipinski definition) is 1. The second kappa shape index (κ2) is 8.43. The van der Waals surface area contributed by atoms with Gasteiger partial charge < -0.3 is 5.32 Å². The first-order valence-electron chi connectivity index (χ1n) is 10.8. The first-order chi connectivity index (χ1) is 16.3. The van der Waals surface area contributed by atoms with E-state index in [2.05, 4.69) is 15.4 Å². The van der Waals surface area contributed by atoms with Gasteiger partial charge in [0.15, 0.2) is 0 Å². The zero-order valence-corrected chi connectivity index (χ0v) is 19.7. The summed E-state index contributed by atoms with van der Waals surface area (Å²) in [5, 5.41) is 7.73. The molecule has 2 aromatic heterocycles. The molecule has 0 unspecified atom stereocenters. The Bertz CT molecular complexity index is 1650. The molecule has 0 fully saturated rings. The molecule has 3 aromatic carbocycles. The minimum atomic E-state index is -0.515. The van der Waals surface area contributed by atoms with Gasteiger partial charge in [0.05, 0.1) is 17.6 Å². The van der Waals surface area contributed by atoms with Crippen LogP contribution >= 0.6 is 11.6 Å². The Hall–Kier alpha value is -3.97. The Morgan fingerprint density at radius 2 is 1.79 bits per heavy atom. The summed E-state index contributed by atoms with van der Waals surface area (Å²) in [5.41, 5.74) is 5.64. The van der Waals surface area contributed by atoms with Gasteiger partial charge in [0.2, 0.25) is 11.5 Å². The average molecular weight is 472 g/mol. The van der Waals surface area contributed by atoms with Crippen LogP contribution in [0.1, 0.15) is 32.9 Å². The van der Waals surface area contributed by atoms with E-state index >= 15 is 0 Å². The maximum absolute atomic E-state index is 13.6. The lowest BCUT2D eigenvalue weighted by atomic mass is 10.1. The fraction of sp³-hybridized carbons (Fsp3) is 0.154. The largest absolute Gasteiger partial charge is 0.319 e. The summed E-state index contributed by atoms with van der Waals surface area (Å²) >= 11 is 6.17. The second-order valence-electron chi connectivity index (χ2n) is 8.35. The predicted octanol–water partition coefficient (Wildman–Crippen LogP) is 4.92. The van der Waals surface area contributed by atoms with Gasteiger partial charge in [-0.2, -0.15) is 4.98 Å². The molecule has 34 heavy (non-hydrogen) atoms. The number of anilines is 1. The van der Waals surface area contributed by atoms with Crippen LogP contribution in [0.5, 0.6) is 0 Å². The number of fused-ring (bicyclic) bond motifs is 3. The summed E-state index contributed by atoms with van der Waals surface area (Å²) in [4.78, 5) is 30.9. The Morgan fingerprint density at radius 3 is 2.59 bits per heavy atom. The Balaban J connectivity index is 1.66. The van der Waals surface area contributed by atoms with Crippen LogP contribution in [0.15, 0.2) is 65.5 Å². The normalized spacial score (nSPS) is 11.3. The van der Waals surface area contributed by atoms with Crippen molar-refractivity contribution < 1.29 is 4.79 Å². The number of aryl methyl sites for hydroxylation is 2. The van der Waals surface area contributed by atoms with Gasteiger partial charge in [-0.1, -0.05) is 48.0 Å². The number of hydrogen-bond acceptors (Lipinski definition) is 4. The van der Waals surface area contributed by atoms with E-state index in [1.54, 1.807) is 22.8 Å². The summed E-state index contributed by atoms with van der Waals surface area (Å²) < 4.78 is 3.14. The summed E-state index contributed by atoms with van der Waals surface area (Å²) in [6.07, 6.45) is 0. The smallest absolute Gasteiger partial charge is 0.296 e. The Morgan fingerprint density at radius 1 is 1.00 bits per heavy atom. The molecule has 0 radical (unpaired) electrons. The maximum atomic E-state index is 13.6. The monoisotopic (exact) mass is 471 g/mol. The van der Waals surface area contributed by atoms with Crippen LogP contribution < -0.4 is 10.9 Å². The first kappa shape index (κ1) is 21.9. The summed E-state index contributed by atoms with van der Waals surface area (Å²) in [6, 6.07) is 19.0. The van der Waals surface area contributed by atoms with Gasteiger partial charge in [0, 0.05) is 10.7 Å². The molecular formula is C26H22ClN5O2. The van der Waals surface area contributed by atoms with Crippen molar-refractivity contribution >= 4 is 39.9 Å². The van der Waals surface area contributed by atoms with Gasteiger partial charge in [-0.3, -0.25) is 14.2 Å². The Labute approximate surface area is 200 Å². The molecule has 0 saturated carbocycles. The molecule has 170 valence electrons. The van der Waals surface area contributed by atoms with Crippen LogP contribution in [0, 0.1) is 20.8 Å². The van der Waals surface area contributed by atoms with Crippen molar-refractivity contribution in [3.05, 3.63) is 104 Å². The molecule has 2 heterocycles. The maximum Gasteiger partial charge on any atom is 0.296 e. The SMILES string of the molecule is Cc1ccc2c(c1)n(Cc1ccccc1C)c(=O)c1nc(C(=O)Nc3cccc(Cl)c3C)nn12. The average Bonchev–Trinajstić information content (AvgIpc) is 3.27. The highest BCUT2D eigenvalue weighted by molar-refractivity contribution is 6.31. The number of amides is 1. The fourth-order valence-corrected chi connectivity index (χ4v) is 4.18. The molecule has 7 nitrogen and oxygen atoms in total. The number of benzene rings is 3. The minimum absolute atomic E-state index is 0.0907. The van der Waals surface area contributed by atoms with Crippen molar-refractivity contribution in [2.45, 2.75) is 27.3 Å². The van der Waals surface area contributed by atoms with Crippen LogP contribution in [0.2, 0.25) is 5.02 Å². The van der Waals surface area contributed by atoms with Crippen LogP contribution in [0.4, 0.5) is 5.69 Å². The van der Waals surface area contributed by atoms with E-state index in [1.165, 1.54) is 4.52 Å². The standard InChI is InChI=1S/C26H22ClN5O2/c1-15-11-12-21-22(13-15)31(14-18-8-5-4-7-16(18)2)26(34)24-29-23(30-32(21)24)25(33)28-20-10-6-9-19(27)17(20)3/h4-13H,14H2,1-3H3,(H,28,33). The van der Waals surface area contributed by atoms with Gasteiger partial charge >= 0.3 is 0 Å². The van der Waals surface area contributed by atoms with Crippen LogP contribution in [0.25, 0.3) is 16.7 Å². The van der Waals surface area contributed by atoms with Crippen molar-refractivity contribution in [2.75, 3.05) is 5.32 Å². The van der Waals surface area contributed by atoms with Crippen molar-refractivity contribution in [1.29, 1.82) is 0 Å². The van der Waals surface area contributed by atoms with Gasteiger partial charge in [-0.05, 0) is 67.3 Å². The highest BCUT2D eigenvalue weighted by Gasteiger charge is 2.20. The van der Waals surface area contributed by atoms with E-state index in [0.717, 1.165) is 27.8 Å². The molecule has 0 bridgehead atoms. The lowest BCUT2D eigenvalue weighted by Gasteiger charge is -2.13.